The van der Waals surface area contributed by atoms with Gasteiger partial charge in [0.25, 0.3) is 0 Å². The van der Waals surface area contributed by atoms with E-state index in [2.05, 4.69) is 0 Å². The van der Waals surface area contributed by atoms with Gasteiger partial charge in [-0.25, -0.2) is 0 Å². The maximum Gasteiger partial charge on any atom is 0.0742 e. The van der Waals surface area contributed by atoms with Crippen molar-refractivity contribution in [1.82, 2.24) is 0 Å². The molecule has 2 heteroatoms. The second-order valence-electron chi connectivity index (χ2n) is 0.698. The molecule has 0 fully saturated rings. The fourth-order valence-corrected chi connectivity index (χ4v) is 0. The van der Waals surface area contributed by atoms with Crippen LogP contribution in [0.4, 0.5) is 0 Å². The Morgan fingerprint density at radius 2 is 2.80 bits per heavy atom. The quantitative estimate of drug-likeness (QED) is 0.439. The van der Waals surface area contributed by atoms with Gasteiger partial charge in [0.05, 0.1) is 12.7 Å². The van der Waals surface area contributed by atoms with E-state index in [1.807, 2.05) is 0 Å². The molecule has 0 aliphatic carbocycles. The predicted molar refractivity (Wildman–Crippen MR) is 18.8 cm³/mol. The van der Waals surface area contributed by atoms with Crippen LogP contribution in [0.15, 0.2) is 0 Å². The first-order valence-electron chi connectivity index (χ1n) is 2.77. The average Bonchev–Trinajstić information content (AvgIpc) is 1.62. The van der Waals surface area contributed by atoms with Crippen LogP contribution >= 0.6 is 0 Å². The first-order valence-corrected chi connectivity index (χ1v) is 1.27. The van der Waals surface area contributed by atoms with Crippen LogP contribution in [0.2, 0.25) is 0 Å². The molecule has 0 bridgehead atoms. The average molecular weight is 79.1 g/mol. The summed E-state index contributed by atoms with van der Waals surface area (Å²) in [5.74, 6) is 0. The van der Waals surface area contributed by atoms with Crippen LogP contribution < -0.4 is 0 Å². The molecule has 0 saturated heterocycles. The Labute approximate surface area is 35.3 Å². The highest BCUT2D eigenvalue weighted by atomic mass is 16.3. The minimum absolute atomic E-state index is 0.712. The van der Waals surface area contributed by atoms with Gasteiger partial charge in [0.15, 0.2) is 0 Å². The van der Waals surface area contributed by atoms with E-state index in [4.69, 9.17) is 14.3 Å². The molecule has 0 radical (unpaired) electrons. The number of hydrogen-bond donors (Lipinski definition) is 2. The van der Waals surface area contributed by atoms with Gasteiger partial charge in [-0.15, -0.1) is 0 Å². The van der Waals surface area contributed by atoms with Crippen molar-refractivity contribution in [1.29, 1.82) is 0 Å². The van der Waals surface area contributed by atoms with Gasteiger partial charge in [0.2, 0.25) is 0 Å². The summed E-state index contributed by atoms with van der Waals surface area (Å²) < 4.78 is 19.4. The Morgan fingerprint density at radius 3 is 2.80 bits per heavy atom. The first-order chi connectivity index (χ1) is 3.48. The largest absolute Gasteiger partial charge is 0.394 e. The van der Waals surface area contributed by atoms with Gasteiger partial charge in [-0.05, 0) is 6.85 Å². The van der Waals surface area contributed by atoms with E-state index in [0.717, 1.165) is 0 Å². The third-order valence-electron chi connectivity index (χ3n) is 0.173. The summed E-state index contributed by atoms with van der Waals surface area (Å²) in [4.78, 5) is 0. The number of rotatable bonds is 1. The Morgan fingerprint density at radius 1 is 2.20 bits per heavy atom. The lowest BCUT2D eigenvalue weighted by molar-refractivity contribution is 0.110. The molecule has 0 rings (SSSR count). The summed E-state index contributed by atoms with van der Waals surface area (Å²) in [7, 11) is 0. The molecule has 0 aromatic heterocycles. The molecule has 2 N–H and O–H groups in total. The summed E-state index contributed by atoms with van der Waals surface area (Å²) in [5.41, 5.74) is 0. The number of aliphatic hydroxyl groups is 2. The molecule has 5 heavy (non-hydrogen) atoms. The topological polar surface area (TPSA) is 40.5 Å². The molecular weight excluding hydrogens is 68.0 g/mol. The van der Waals surface area contributed by atoms with Gasteiger partial charge in [0.1, 0.15) is 0 Å². The van der Waals surface area contributed by atoms with E-state index in [0.29, 0.717) is 0 Å². The molecule has 1 atom stereocenters. The molecule has 0 saturated carbocycles. The lowest BCUT2D eigenvalue weighted by atomic mass is 10.5. The predicted octanol–water partition coefficient (Wildman–Crippen LogP) is -0.641. The van der Waals surface area contributed by atoms with E-state index >= 15 is 0 Å². The van der Waals surface area contributed by atoms with Gasteiger partial charge < -0.3 is 10.2 Å². The maximum atomic E-state index is 8.38. The first kappa shape index (κ1) is 1.58. The maximum absolute atomic E-state index is 8.38. The molecule has 0 aromatic rings. The van der Waals surface area contributed by atoms with Crippen molar-refractivity contribution in [3.8, 4) is 0 Å². The van der Waals surface area contributed by atoms with Gasteiger partial charge in [-0.2, -0.15) is 0 Å². The Bertz CT molecular complexity index is 69.4. The van der Waals surface area contributed by atoms with E-state index < -0.39 is 19.6 Å². The summed E-state index contributed by atoms with van der Waals surface area (Å²) in [5, 5.41) is 16.4. The van der Waals surface area contributed by atoms with Gasteiger partial charge in [0, 0.05) is 4.11 Å². The number of aliphatic hydroxyl groups excluding tert-OH is 2. The van der Waals surface area contributed by atoms with Crippen molar-refractivity contribution in [3.63, 3.8) is 0 Å². The van der Waals surface area contributed by atoms with Gasteiger partial charge in [-0.1, -0.05) is 0 Å². The van der Waals surface area contributed by atoms with Crippen LogP contribution in [-0.2, 0) is 0 Å². The third kappa shape index (κ3) is 3.92. The van der Waals surface area contributed by atoms with Crippen molar-refractivity contribution in [2.75, 3.05) is 6.61 Å². The SMILES string of the molecule is [2H]C([2H])([2H])C(O)CO. The van der Waals surface area contributed by atoms with Crippen molar-refractivity contribution in [3.05, 3.63) is 0 Å². The zero-order valence-electron chi connectivity index (χ0n) is 5.68. The molecule has 32 valence electrons. The molecule has 0 spiro atoms. The molecular formula is C3H8O2. The molecule has 0 amide bonds. The molecule has 0 aromatic carbocycles. The highest BCUT2D eigenvalue weighted by molar-refractivity contribution is 4.33. The zero-order valence-corrected chi connectivity index (χ0v) is 2.68. The summed E-state index contributed by atoms with van der Waals surface area (Å²) in [6.45, 7) is -3.15. The van der Waals surface area contributed by atoms with Gasteiger partial charge >= 0.3 is 0 Å². The monoisotopic (exact) mass is 79.1 g/mol. The second-order valence-corrected chi connectivity index (χ2v) is 0.698. The van der Waals surface area contributed by atoms with Crippen molar-refractivity contribution >= 4 is 0 Å². The van der Waals surface area contributed by atoms with Crippen LogP contribution in [-0.4, -0.2) is 22.9 Å². The Balaban J connectivity index is 3.62. The van der Waals surface area contributed by atoms with E-state index in [1.54, 1.807) is 0 Å². The van der Waals surface area contributed by atoms with Crippen LogP contribution in [0.25, 0.3) is 0 Å². The molecule has 0 heterocycles. The Kier molecular flexibility index (Phi) is 0.687. The second kappa shape index (κ2) is 2.18. The van der Waals surface area contributed by atoms with E-state index in [1.165, 1.54) is 0 Å². The fourth-order valence-electron chi connectivity index (χ4n) is 0. The Hall–Kier alpha value is -0.0800. The van der Waals surface area contributed by atoms with Crippen LogP contribution in [0.5, 0.6) is 0 Å². The summed E-state index contributed by atoms with van der Waals surface area (Å²) in [6.07, 6.45) is -1.59. The highest BCUT2D eigenvalue weighted by Crippen LogP contribution is 1.68. The molecule has 2 nitrogen and oxygen atoms in total. The lowest BCUT2D eigenvalue weighted by Crippen LogP contribution is -2.03. The molecule has 1 unspecified atom stereocenters. The highest BCUT2D eigenvalue weighted by Gasteiger charge is 1.83. The van der Waals surface area contributed by atoms with Crippen LogP contribution in [0.1, 0.15) is 11.0 Å². The summed E-state index contributed by atoms with van der Waals surface area (Å²) in [6, 6.07) is 0. The number of hydrogen-bond acceptors (Lipinski definition) is 2. The van der Waals surface area contributed by atoms with Crippen molar-refractivity contribution in [2.24, 2.45) is 0 Å². The third-order valence-corrected chi connectivity index (χ3v) is 0.173. The molecule has 0 aliphatic rings. The van der Waals surface area contributed by atoms with Crippen LogP contribution in [0.3, 0.4) is 0 Å². The lowest BCUT2D eigenvalue weighted by Gasteiger charge is -1.90. The zero-order chi connectivity index (χ0) is 6.78. The fraction of sp³-hybridized carbons (Fsp3) is 1.00. The van der Waals surface area contributed by atoms with Crippen LogP contribution in [0, 0.1) is 0 Å². The van der Waals surface area contributed by atoms with E-state index in [-0.39, 0.29) is 0 Å². The van der Waals surface area contributed by atoms with Crippen molar-refractivity contribution < 1.29 is 14.3 Å². The minimum Gasteiger partial charge on any atom is -0.394 e. The summed E-state index contributed by atoms with van der Waals surface area (Å²) >= 11 is 0. The van der Waals surface area contributed by atoms with E-state index in [9.17, 15) is 0 Å². The van der Waals surface area contributed by atoms with Crippen molar-refractivity contribution in [2.45, 2.75) is 13.0 Å². The smallest absolute Gasteiger partial charge is 0.0742 e. The molecule has 0 aliphatic heterocycles. The van der Waals surface area contributed by atoms with Gasteiger partial charge in [-0.3, -0.25) is 0 Å². The normalized spacial score (nSPS) is 26.4. The standard InChI is InChI=1S/C3H8O2/c1-3(5)2-4/h3-5H,2H2,1H3/i1D3. The minimum atomic E-state index is -2.44.